The third-order valence-corrected chi connectivity index (χ3v) is 3.03. The van der Waals surface area contributed by atoms with E-state index in [9.17, 15) is 4.79 Å². The van der Waals surface area contributed by atoms with E-state index in [1.807, 2.05) is 4.57 Å². The molecule has 2 heterocycles. The maximum absolute atomic E-state index is 12.1. The van der Waals surface area contributed by atoms with E-state index in [2.05, 4.69) is 15.5 Å². The van der Waals surface area contributed by atoms with Gasteiger partial charge in [0.25, 0.3) is 5.91 Å². The Morgan fingerprint density at radius 1 is 1.50 bits per heavy atom. The number of hydrogen-bond acceptors (Lipinski definition) is 5. The number of carbonyl (C=O) groups excluding carboxylic acids is 1. The van der Waals surface area contributed by atoms with Crippen molar-refractivity contribution in [3.05, 3.63) is 35.2 Å². The van der Waals surface area contributed by atoms with E-state index >= 15 is 0 Å². The molecule has 1 N–H and O–H groups in total. The molecule has 0 radical (unpaired) electrons. The molecular weight excluding hydrogens is 260 g/mol. The van der Waals surface area contributed by atoms with Gasteiger partial charge in [0.1, 0.15) is 11.3 Å². The predicted molar refractivity (Wildman–Crippen MR) is 71.3 cm³/mol. The summed E-state index contributed by atoms with van der Waals surface area (Å²) in [5.74, 6) is 0.327. The van der Waals surface area contributed by atoms with E-state index in [-0.39, 0.29) is 5.91 Å². The Labute approximate surface area is 116 Å². The molecule has 0 atom stereocenters. The second kappa shape index (κ2) is 6.33. The fourth-order valence-corrected chi connectivity index (χ4v) is 1.95. The first-order chi connectivity index (χ1) is 9.63. The average Bonchev–Trinajstić information content (AvgIpc) is 3.00. The van der Waals surface area contributed by atoms with Crippen molar-refractivity contribution in [1.29, 1.82) is 0 Å². The molecule has 0 aliphatic carbocycles. The lowest BCUT2D eigenvalue weighted by Crippen LogP contribution is -2.25. The second-order valence-corrected chi connectivity index (χ2v) is 4.45. The van der Waals surface area contributed by atoms with Crippen LogP contribution in [0.3, 0.4) is 0 Å². The van der Waals surface area contributed by atoms with Gasteiger partial charge in [-0.1, -0.05) is 5.16 Å². The maximum atomic E-state index is 12.1. The molecular formula is C13H18N4O3. The predicted octanol–water partition coefficient (Wildman–Crippen LogP) is 1.06. The quantitative estimate of drug-likeness (QED) is 0.854. The third-order valence-electron chi connectivity index (χ3n) is 3.03. The minimum absolute atomic E-state index is 0.194. The maximum Gasteiger partial charge on any atom is 0.257 e. The molecule has 0 aromatic carbocycles. The molecule has 20 heavy (non-hydrogen) atoms. The first-order valence-corrected chi connectivity index (χ1v) is 6.32. The zero-order valence-corrected chi connectivity index (χ0v) is 11.8. The molecule has 0 unspecified atom stereocenters. The summed E-state index contributed by atoms with van der Waals surface area (Å²) in [6, 6.07) is 0. The van der Waals surface area contributed by atoms with Gasteiger partial charge in [-0.3, -0.25) is 4.79 Å². The molecule has 0 bridgehead atoms. The van der Waals surface area contributed by atoms with Crippen LogP contribution in [-0.4, -0.2) is 34.3 Å². The molecule has 0 aliphatic rings. The Kier molecular flexibility index (Phi) is 4.52. The molecule has 7 nitrogen and oxygen atoms in total. The number of hydrogen-bond donors (Lipinski definition) is 1. The van der Waals surface area contributed by atoms with Crippen molar-refractivity contribution >= 4 is 5.91 Å². The summed E-state index contributed by atoms with van der Waals surface area (Å²) in [7, 11) is 1.65. The fraction of sp³-hybridized carbons (Fsp3) is 0.462. The molecule has 2 aromatic rings. The van der Waals surface area contributed by atoms with Gasteiger partial charge in [0.2, 0.25) is 0 Å². The standard InChI is InChI=1S/C13H18N4O3/c1-9-12(10(2)20-16-9)13(18)15-7-11-6-14-8-17(11)4-5-19-3/h6,8H,4-5,7H2,1-3H3,(H,15,18). The van der Waals surface area contributed by atoms with Crippen LogP contribution in [0, 0.1) is 13.8 Å². The van der Waals surface area contributed by atoms with Gasteiger partial charge < -0.3 is 19.1 Å². The minimum atomic E-state index is -0.194. The van der Waals surface area contributed by atoms with E-state index in [4.69, 9.17) is 9.26 Å². The molecule has 1 amide bonds. The van der Waals surface area contributed by atoms with Crippen molar-refractivity contribution in [3.8, 4) is 0 Å². The smallest absolute Gasteiger partial charge is 0.257 e. The number of methoxy groups -OCH3 is 1. The number of carbonyl (C=O) groups is 1. The van der Waals surface area contributed by atoms with Crippen LogP contribution in [0.5, 0.6) is 0 Å². The number of nitrogens with one attached hydrogen (secondary N) is 1. The van der Waals surface area contributed by atoms with Crippen LogP contribution in [0.1, 0.15) is 27.5 Å². The first kappa shape index (κ1) is 14.3. The monoisotopic (exact) mass is 278 g/mol. The van der Waals surface area contributed by atoms with Crippen LogP contribution in [0.25, 0.3) is 0 Å². The summed E-state index contributed by atoms with van der Waals surface area (Å²) < 4.78 is 12.0. The fourth-order valence-electron chi connectivity index (χ4n) is 1.95. The topological polar surface area (TPSA) is 82.2 Å². The number of imidazole rings is 1. The number of amides is 1. The zero-order valence-electron chi connectivity index (χ0n) is 11.8. The molecule has 0 aliphatic heterocycles. The van der Waals surface area contributed by atoms with E-state index < -0.39 is 0 Å². The molecule has 108 valence electrons. The van der Waals surface area contributed by atoms with Crippen molar-refractivity contribution in [2.75, 3.05) is 13.7 Å². The highest BCUT2D eigenvalue weighted by atomic mass is 16.5. The van der Waals surface area contributed by atoms with Gasteiger partial charge in [-0.2, -0.15) is 0 Å². The van der Waals surface area contributed by atoms with E-state index in [0.29, 0.717) is 36.7 Å². The van der Waals surface area contributed by atoms with Crippen molar-refractivity contribution in [1.82, 2.24) is 20.0 Å². The van der Waals surface area contributed by atoms with Gasteiger partial charge in [0, 0.05) is 19.9 Å². The number of aryl methyl sites for hydroxylation is 2. The Balaban J connectivity index is 1.99. The van der Waals surface area contributed by atoms with Crippen LogP contribution in [0.15, 0.2) is 17.0 Å². The van der Waals surface area contributed by atoms with Crippen molar-refractivity contribution in [2.45, 2.75) is 26.9 Å². The van der Waals surface area contributed by atoms with E-state index in [1.54, 1.807) is 33.5 Å². The van der Waals surface area contributed by atoms with Crippen molar-refractivity contribution < 1.29 is 14.1 Å². The molecule has 0 saturated heterocycles. The van der Waals surface area contributed by atoms with E-state index in [0.717, 1.165) is 5.69 Å². The van der Waals surface area contributed by atoms with Gasteiger partial charge >= 0.3 is 0 Å². The van der Waals surface area contributed by atoms with Crippen molar-refractivity contribution in [2.24, 2.45) is 0 Å². The first-order valence-electron chi connectivity index (χ1n) is 6.32. The molecule has 2 rings (SSSR count). The lowest BCUT2D eigenvalue weighted by molar-refractivity contribution is 0.0948. The SMILES string of the molecule is COCCn1cncc1CNC(=O)c1c(C)noc1C. The lowest BCUT2D eigenvalue weighted by Gasteiger charge is -2.08. The van der Waals surface area contributed by atoms with Gasteiger partial charge in [-0.05, 0) is 13.8 Å². The van der Waals surface area contributed by atoms with Gasteiger partial charge in [0.05, 0.1) is 30.9 Å². The lowest BCUT2D eigenvalue weighted by atomic mass is 10.2. The summed E-state index contributed by atoms with van der Waals surface area (Å²) in [5.41, 5.74) is 2.00. The Bertz CT molecular complexity index is 569. The van der Waals surface area contributed by atoms with Gasteiger partial charge in [-0.15, -0.1) is 0 Å². The zero-order chi connectivity index (χ0) is 14.5. The highest BCUT2D eigenvalue weighted by Crippen LogP contribution is 2.12. The van der Waals surface area contributed by atoms with Crippen LogP contribution in [0.4, 0.5) is 0 Å². The van der Waals surface area contributed by atoms with Crippen LogP contribution in [0.2, 0.25) is 0 Å². The van der Waals surface area contributed by atoms with Crippen LogP contribution >= 0.6 is 0 Å². The summed E-state index contributed by atoms with van der Waals surface area (Å²) >= 11 is 0. The molecule has 0 fully saturated rings. The van der Waals surface area contributed by atoms with Crippen LogP contribution in [-0.2, 0) is 17.8 Å². The van der Waals surface area contributed by atoms with Gasteiger partial charge in [-0.25, -0.2) is 4.98 Å². The minimum Gasteiger partial charge on any atom is -0.383 e. The third kappa shape index (κ3) is 3.05. The Hall–Kier alpha value is -2.15. The molecule has 2 aromatic heterocycles. The normalized spacial score (nSPS) is 10.8. The number of ether oxygens (including phenoxy) is 1. The Morgan fingerprint density at radius 2 is 2.30 bits per heavy atom. The average molecular weight is 278 g/mol. The number of aromatic nitrogens is 3. The van der Waals surface area contributed by atoms with Gasteiger partial charge in [0.15, 0.2) is 0 Å². The molecule has 0 saturated carbocycles. The summed E-state index contributed by atoms with van der Waals surface area (Å²) in [4.78, 5) is 16.2. The highest BCUT2D eigenvalue weighted by molar-refractivity contribution is 5.95. The highest BCUT2D eigenvalue weighted by Gasteiger charge is 2.17. The largest absolute Gasteiger partial charge is 0.383 e. The summed E-state index contributed by atoms with van der Waals surface area (Å²) in [6.07, 6.45) is 3.44. The van der Waals surface area contributed by atoms with Crippen molar-refractivity contribution in [3.63, 3.8) is 0 Å². The molecule has 0 spiro atoms. The summed E-state index contributed by atoms with van der Waals surface area (Å²) in [6.45, 7) is 5.16. The summed E-state index contributed by atoms with van der Waals surface area (Å²) in [5, 5.41) is 6.62. The second-order valence-electron chi connectivity index (χ2n) is 4.45. The van der Waals surface area contributed by atoms with Crippen LogP contribution < -0.4 is 5.32 Å². The molecule has 7 heteroatoms. The number of rotatable bonds is 6. The Morgan fingerprint density at radius 3 is 2.95 bits per heavy atom. The number of nitrogens with zero attached hydrogens (tertiary/aromatic N) is 3. The van der Waals surface area contributed by atoms with E-state index in [1.165, 1.54) is 0 Å².